The molecular formula is C11H13NO2. The van der Waals surface area contributed by atoms with E-state index in [1.54, 1.807) is 6.07 Å². The third-order valence-electron chi connectivity index (χ3n) is 3.44. The molecule has 14 heavy (non-hydrogen) atoms. The Morgan fingerprint density at radius 2 is 1.86 bits per heavy atom. The van der Waals surface area contributed by atoms with Gasteiger partial charge >= 0.3 is 0 Å². The van der Waals surface area contributed by atoms with Gasteiger partial charge in [0.1, 0.15) is 0 Å². The fourth-order valence-corrected chi connectivity index (χ4v) is 2.82. The Labute approximate surface area is 82.7 Å². The lowest BCUT2D eigenvalue weighted by Crippen LogP contribution is -2.27. The van der Waals surface area contributed by atoms with E-state index in [2.05, 4.69) is 4.90 Å². The summed E-state index contributed by atoms with van der Waals surface area (Å²) in [6, 6.07) is 4.98. The predicted molar refractivity (Wildman–Crippen MR) is 52.6 cm³/mol. The van der Waals surface area contributed by atoms with Gasteiger partial charge < -0.3 is 9.32 Å². The van der Waals surface area contributed by atoms with Crippen LogP contribution in [0.2, 0.25) is 0 Å². The molecule has 2 aliphatic heterocycles. The number of carbonyl (C=O) groups is 1. The van der Waals surface area contributed by atoms with Crippen molar-refractivity contribution < 1.29 is 9.21 Å². The number of rotatable bonds is 2. The molecule has 74 valence electrons. The van der Waals surface area contributed by atoms with Crippen molar-refractivity contribution >= 4 is 12.2 Å². The Kier molecular flexibility index (Phi) is 1.66. The highest BCUT2D eigenvalue weighted by Gasteiger charge is 2.40. The summed E-state index contributed by atoms with van der Waals surface area (Å²) in [7, 11) is 0. The Balaban J connectivity index is 1.91. The molecule has 0 atom stereocenters. The zero-order valence-electron chi connectivity index (χ0n) is 7.98. The van der Waals surface area contributed by atoms with Crippen molar-refractivity contribution in [2.24, 2.45) is 0 Å². The van der Waals surface area contributed by atoms with Crippen molar-refractivity contribution in [1.29, 1.82) is 0 Å². The van der Waals surface area contributed by atoms with Crippen LogP contribution in [0.4, 0.5) is 5.88 Å². The molecule has 3 heterocycles. The first-order valence-electron chi connectivity index (χ1n) is 5.22. The normalized spacial score (nSPS) is 29.9. The summed E-state index contributed by atoms with van der Waals surface area (Å²) >= 11 is 0. The van der Waals surface area contributed by atoms with E-state index in [0.717, 1.165) is 12.2 Å². The van der Waals surface area contributed by atoms with E-state index >= 15 is 0 Å². The molecule has 0 N–H and O–H groups in total. The van der Waals surface area contributed by atoms with Gasteiger partial charge in [-0.1, -0.05) is 0 Å². The summed E-state index contributed by atoms with van der Waals surface area (Å²) in [5.74, 6) is 1.32. The van der Waals surface area contributed by atoms with Crippen LogP contribution in [0.15, 0.2) is 16.5 Å². The average Bonchev–Trinajstić information content (AvgIpc) is 2.91. The van der Waals surface area contributed by atoms with Crippen LogP contribution < -0.4 is 4.90 Å². The standard InChI is InChI=1S/C11H13NO2/c13-7-10-5-6-11(14-10)12-8-1-2-9(12)4-3-8/h5-9H,1-4H2. The summed E-state index contributed by atoms with van der Waals surface area (Å²) in [6.45, 7) is 0. The topological polar surface area (TPSA) is 33.5 Å². The number of hydrogen-bond acceptors (Lipinski definition) is 3. The monoisotopic (exact) mass is 191 g/mol. The van der Waals surface area contributed by atoms with E-state index in [1.807, 2.05) is 6.07 Å². The molecule has 0 saturated carbocycles. The third-order valence-corrected chi connectivity index (χ3v) is 3.44. The molecule has 0 radical (unpaired) electrons. The van der Waals surface area contributed by atoms with Gasteiger partial charge in [-0.25, -0.2) is 0 Å². The van der Waals surface area contributed by atoms with Crippen LogP contribution in [0.3, 0.4) is 0 Å². The molecule has 2 bridgehead atoms. The summed E-state index contributed by atoms with van der Waals surface area (Å²) < 4.78 is 5.46. The minimum Gasteiger partial charge on any atom is -0.438 e. The average molecular weight is 191 g/mol. The maximum Gasteiger partial charge on any atom is 0.196 e. The predicted octanol–water partition coefficient (Wildman–Crippen LogP) is 2.22. The lowest BCUT2D eigenvalue weighted by atomic mass is 10.0. The fourth-order valence-electron chi connectivity index (χ4n) is 2.82. The molecule has 0 amide bonds. The van der Waals surface area contributed by atoms with Crippen molar-refractivity contribution in [2.75, 3.05) is 4.90 Å². The second kappa shape index (κ2) is 2.87. The van der Waals surface area contributed by atoms with Gasteiger partial charge in [0.25, 0.3) is 0 Å². The zero-order chi connectivity index (χ0) is 9.54. The van der Waals surface area contributed by atoms with Crippen LogP contribution in [0, 0.1) is 0 Å². The van der Waals surface area contributed by atoms with Crippen molar-refractivity contribution in [1.82, 2.24) is 0 Å². The van der Waals surface area contributed by atoms with Gasteiger partial charge in [-0.3, -0.25) is 4.79 Å². The molecule has 1 aromatic rings. The summed E-state index contributed by atoms with van der Waals surface area (Å²) in [5.41, 5.74) is 0. The summed E-state index contributed by atoms with van der Waals surface area (Å²) in [6.07, 6.45) is 5.88. The Morgan fingerprint density at radius 1 is 1.21 bits per heavy atom. The minimum atomic E-state index is 0.436. The maximum atomic E-state index is 10.5. The highest BCUT2D eigenvalue weighted by molar-refractivity contribution is 5.71. The van der Waals surface area contributed by atoms with Crippen LogP contribution in [-0.2, 0) is 0 Å². The van der Waals surface area contributed by atoms with Crippen LogP contribution in [0.5, 0.6) is 0 Å². The van der Waals surface area contributed by atoms with Gasteiger partial charge in [0.05, 0.1) is 0 Å². The molecule has 0 spiro atoms. The SMILES string of the molecule is O=Cc1ccc(N2C3CCC2CC3)o1. The number of furan rings is 1. The van der Waals surface area contributed by atoms with Crippen molar-refractivity contribution in [3.05, 3.63) is 17.9 Å². The first-order valence-corrected chi connectivity index (χ1v) is 5.22. The Hall–Kier alpha value is -1.25. The van der Waals surface area contributed by atoms with Gasteiger partial charge in [0, 0.05) is 18.2 Å². The van der Waals surface area contributed by atoms with Gasteiger partial charge in [0.2, 0.25) is 0 Å². The number of nitrogens with zero attached hydrogens (tertiary/aromatic N) is 1. The van der Waals surface area contributed by atoms with Gasteiger partial charge in [-0.05, 0) is 31.7 Å². The summed E-state index contributed by atoms with van der Waals surface area (Å²) in [5, 5.41) is 0. The number of hydrogen-bond donors (Lipinski definition) is 0. The molecular weight excluding hydrogens is 178 g/mol. The molecule has 2 fully saturated rings. The largest absolute Gasteiger partial charge is 0.438 e. The van der Waals surface area contributed by atoms with E-state index in [0.29, 0.717) is 17.8 Å². The summed E-state index contributed by atoms with van der Waals surface area (Å²) in [4.78, 5) is 12.9. The first kappa shape index (κ1) is 8.09. The molecule has 3 rings (SSSR count). The lowest BCUT2D eigenvalue weighted by molar-refractivity contribution is 0.110. The molecule has 2 saturated heterocycles. The number of anilines is 1. The first-order chi connectivity index (χ1) is 6.88. The van der Waals surface area contributed by atoms with Gasteiger partial charge in [0.15, 0.2) is 17.9 Å². The molecule has 3 heteroatoms. The second-order valence-corrected chi connectivity index (χ2v) is 4.16. The maximum absolute atomic E-state index is 10.5. The molecule has 0 aliphatic carbocycles. The Morgan fingerprint density at radius 3 is 2.36 bits per heavy atom. The molecule has 0 aromatic carbocycles. The number of aldehydes is 1. The van der Waals surface area contributed by atoms with E-state index in [-0.39, 0.29) is 0 Å². The van der Waals surface area contributed by atoms with Gasteiger partial charge in [-0.15, -0.1) is 0 Å². The molecule has 1 aromatic heterocycles. The van der Waals surface area contributed by atoms with Crippen molar-refractivity contribution in [3.8, 4) is 0 Å². The van der Waals surface area contributed by atoms with E-state index in [9.17, 15) is 4.79 Å². The zero-order valence-corrected chi connectivity index (χ0v) is 7.98. The second-order valence-electron chi connectivity index (χ2n) is 4.16. The molecule has 2 aliphatic rings. The van der Waals surface area contributed by atoms with Crippen LogP contribution >= 0.6 is 0 Å². The van der Waals surface area contributed by atoms with E-state index in [1.165, 1.54) is 25.7 Å². The van der Waals surface area contributed by atoms with Crippen molar-refractivity contribution in [2.45, 2.75) is 37.8 Å². The van der Waals surface area contributed by atoms with Crippen LogP contribution in [0.1, 0.15) is 36.2 Å². The highest BCUT2D eigenvalue weighted by Crippen LogP contribution is 2.41. The van der Waals surface area contributed by atoms with Crippen LogP contribution in [0.25, 0.3) is 0 Å². The third kappa shape index (κ3) is 1.01. The quantitative estimate of drug-likeness (QED) is 0.672. The highest BCUT2D eigenvalue weighted by atomic mass is 16.4. The Bertz CT molecular complexity index is 338. The van der Waals surface area contributed by atoms with Crippen LogP contribution in [-0.4, -0.2) is 18.4 Å². The van der Waals surface area contributed by atoms with Crippen molar-refractivity contribution in [3.63, 3.8) is 0 Å². The molecule has 0 unspecified atom stereocenters. The minimum absolute atomic E-state index is 0.436. The van der Waals surface area contributed by atoms with Gasteiger partial charge in [-0.2, -0.15) is 0 Å². The lowest BCUT2D eigenvalue weighted by Gasteiger charge is -2.20. The number of fused-ring (bicyclic) bond motifs is 2. The van der Waals surface area contributed by atoms with E-state index in [4.69, 9.17) is 4.42 Å². The van der Waals surface area contributed by atoms with E-state index < -0.39 is 0 Å². The smallest absolute Gasteiger partial charge is 0.196 e. The molecule has 3 nitrogen and oxygen atoms in total. The number of carbonyl (C=O) groups excluding carboxylic acids is 1. The fraction of sp³-hybridized carbons (Fsp3) is 0.545.